The van der Waals surface area contributed by atoms with Gasteiger partial charge in [0.2, 0.25) is 0 Å². The van der Waals surface area contributed by atoms with Crippen molar-refractivity contribution in [2.45, 2.75) is 33.1 Å². The largest absolute Gasteiger partial charge is 0.303 e. The minimum Gasteiger partial charge on any atom is -0.303 e. The van der Waals surface area contributed by atoms with Gasteiger partial charge in [-0.2, -0.15) is 0 Å². The van der Waals surface area contributed by atoms with E-state index in [2.05, 4.69) is 0 Å². The molecule has 1 nitrogen and oxygen atoms in total. The summed E-state index contributed by atoms with van der Waals surface area (Å²) in [5.74, 6) is -2.88. The van der Waals surface area contributed by atoms with Crippen LogP contribution in [-0.4, -0.2) is 12.2 Å². The number of carbonyl (C=O) groups excluding carboxylic acids is 1. The predicted octanol–water partition coefficient (Wildman–Crippen LogP) is 2.26. The fraction of sp³-hybridized carbons (Fsp3) is 0.857. The average molecular weight is 150 g/mol. The number of halogens is 2. The highest BCUT2D eigenvalue weighted by molar-refractivity contribution is 5.51. The zero-order chi connectivity index (χ0) is 8.41. The SMILES string of the molecule is CC(C)(C)C(F)(F)CC=O. The molecule has 0 heterocycles. The Morgan fingerprint density at radius 3 is 1.80 bits per heavy atom. The predicted molar refractivity (Wildman–Crippen MR) is 35.1 cm³/mol. The van der Waals surface area contributed by atoms with Crippen LogP contribution in [0.5, 0.6) is 0 Å². The van der Waals surface area contributed by atoms with Gasteiger partial charge in [-0.25, -0.2) is 8.78 Å². The van der Waals surface area contributed by atoms with E-state index in [4.69, 9.17) is 0 Å². The summed E-state index contributed by atoms with van der Waals surface area (Å²) in [5, 5.41) is 0. The Bertz CT molecular complexity index is 124. The molecular formula is C7H12F2O. The van der Waals surface area contributed by atoms with Crippen LogP contribution in [0, 0.1) is 5.41 Å². The molecule has 3 heteroatoms. The van der Waals surface area contributed by atoms with E-state index < -0.39 is 17.8 Å². The van der Waals surface area contributed by atoms with Gasteiger partial charge in [0.15, 0.2) is 0 Å². The highest BCUT2D eigenvalue weighted by Gasteiger charge is 2.42. The molecule has 0 radical (unpaired) electrons. The fourth-order valence-electron chi connectivity index (χ4n) is 0.411. The summed E-state index contributed by atoms with van der Waals surface area (Å²) in [6.07, 6.45) is -0.429. The number of hydrogen-bond acceptors (Lipinski definition) is 1. The lowest BCUT2D eigenvalue weighted by Crippen LogP contribution is -2.33. The Balaban J connectivity index is 4.23. The minimum atomic E-state index is -2.88. The van der Waals surface area contributed by atoms with Gasteiger partial charge in [0.25, 0.3) is 5.92 Å². The van der Waals surface area contributed by atoms with Crippen LogP contribution in [-0.2, 0) is 4.79 Å². The van der Waals surface area contributed by atoms with Crippen LogP contribution in [0.1, 0.15) is 27.2 Å². The molecule has 0 unspecified atom stereocenters. The van der Waals surface area contributed by atoms with Crippen LogP contribution < -0.4 is 0 Å². The van der Waals surface area contributed by atoms with Crippen molar-refractivity contribution in [3.8, 4) is 0 Å². The second-order valence-corrected chi connectivity index (χ2v) is 3.33. The molecule has 0 amide bonds. The zero-order valence-corrected chi connectivity index (χ0v) is 6.45. The smallest absolute Gasteiger partial charge is 0.259 e. The molecule has 0 aromatic heterocycles. The normalized spacial score (nSPS) is 13.3. The molecule has 60 valence electrons. The molecular weight excluding hydrogens is 138 g/mol. The van der Waals surface area contributed by atoms with Crippen molar-refractivity contribution in [1.82, 2.24) is 0 Å². The first kappa shape index (κ1) is 9.53. The van der Waals surface area contributed by atoms with Crippen LogP contribution in [0.2, 0.25) is 0 Å². The third-order valence-electron chi connectivity index (χ3n) is 1.44. The molecule has 0 N–H and O–H groups in total. The molecule has 0 aliphatic carbocycles. The Morgan fingerprint density at radius 1 is 1.30 bits per heavy atom. The van der Waals surface area contributed by atoms with Gasteiger partial charge in [-0.3, -0.25) is 0 Å². The summed E-state index contributed by atoms with van der Waals surface area (Å²) in [6.45, 7) is 4.24. The first-order chi connectivity index (χ1) is 4.31. The Morgan fingerprint density at radius 2 is 1.70 bits per heavy atom. The first-order valence-electron chi connectivity index (χ1n) is 3.13. The van der Waals surface area contributed by atoms with Gasteiger partial charge in [0.05, 0.1) is 6.42 Å². The topological polar surface area (TPSA) is 17.1 Å². The van der Waals surface area contributed by atoms with E-state index in [1.807, 2.05) is 0 Å². The Hall–Kier alpha value is -0.470. The van der Waals surface area contributed by atoms with E-state index in [0.29, 0.717) is 0 Å². The van der Waals surface area contributed by atoms with Crippen molar-refractivity contribution in [2.75, 3.05) is 0 Å². The highest BCUT2D eigenvalue weighted by Crippen LogP contribution is 2.37. The quantitative estimate of drug-likeness (QED) is 0.552. The van der Waals surface area contributed by atoms with E-state index in [0.717, 1.165) is 0 Å². The van der Waals surface area contributed by atoms with Gasteiger partial charge >= 0.3 is 0 Å². The van der Waals surface area contributed by atoms with Crippen molar-refractivity contribution < 1.29 is 13.6 Å². The van der Waals surface area contributed by atoms with Crippen LogP contribution in [0.25, 0.3) is 0 Å². The lowest BCUT2D eigenvalue weighted by Gasteiger charge is -2.28. The molecule has 0 aliphatic rings. The van der Waals surface area contributed by atoms with Gasteiger partial charge in [-0.05, 0) is 0 Å². The second kappa shape index (κ2) is 2.64. The number of alkyl halides is 2. The fourth-order valence-corrected chi connectivity index (χ4v) is 0.411. The summed E-state index contributed by atoms with van der Waals surface area (Å²) in [6, 6.07) is 0. The molecule has 0 saturated heterocycles. The minimum absolute atomic E-state index is 0.255. The highest BCUT2D eigenvalue weighted by atomic mass is 19.3. The van der Waals surface area contributed by atoms with Crippen molar-refractivity contribution >= 4 is 6.29 Å². The Kier molecular flexibility index (Phi) is 2.52. The van der Waals surface area contributed by atoms with Crippen molar-refractivity contribution in [1.29, 1.82) is 0 Å². The summed E-state index contributed by atoms with van der Waals surface area (Å²) in [4.78, 5) is 9.79. The van der Waals surface area contributed by atoms with Gasteiger partial charge in [-0.1, -0.05) is 20.8 Å². The summed E-state index contributed by atoms with van der Waals surface area (Å²) < 4.78 is 25.4. The van der Waals surface area contributed by atoms with Gasteiger partial charge in [-0.15, -0.1) is 0 Å². The summed E-state index contributed by atoms with van der Waals surface area (Å²) >= 11 is 0. The number of carbonyl (C=O) groups is 1. The second-order valence-electron chi connectivity index (χ2n) is 3.33. The molecule has 0 bridgehead atoms. The average Bonchev–Trinajstić information content (AvgIpc) is 1.61. The lowest BCUT2D eigenvalue weighted by atomic mass is 9.86. The molecule has 0 saturated carbocycles. The molecule has 0 spiro atoms. The van der Waals surface area contributed by atoms with E-state index in [1.54, 1.807) is 0 Å². The number of aldehydes is 1. The van der Waals surface area contributed by atoms with E-state index in [1.165, 1.54) is 20.8 Å². The third-order valence-corrected chi connectivity index (χ3v) is 1.44. The summed E-state index contributed by atoms with van der Waals surface area (Å²) in [5.41, 5.74) is -1.12. The molecule has 0 aromatic rings. The third kappa shape index (κ3) is 2.05. The van der Waals surface area contributed by atoms with E-state index >= 15 is 0 Å². The van der Waals surface area contributed by atoms with Crippen molar-refractivity contribution in [3.05, 3.63) is 0 Å². The van der Waals surface area contributed by atoms with Crippen molar-refractivity contribution in [3.63, 3.8) is 0 Å². The number of hydrogen-bond donors (Lipinski definition) is 0. The number of rotatable bonds is 2. The van der Waals surface area contributed by atoms with E-state index in [-0.39, 0.29) is 6.29 Å². The maximum Gasteiger partial charge on any atom is 0.259 e. The van der Waals surface area contributed by atoms with Gasteiger partial charge < -0.3 is 4.79 Å². The standard InChI is InChI=1S/C7H12F2O/c1-6(2,3)7(8,9)4-5-10/h5H,4H2,1-3H3. The Labute approximate surface area is 59.4 Å². The molecule has 0 rings (SSSR count). The van der Waals surface area contributed by atoms with E-state index in [9.17, 15) is 13.6 Å². The van der Waals surface area contributed by atoms with Crippen LogP contribution in [0.3, 0.4) is 0 Å². The monoisotopic (exact) mass is 150 g/mol. The molecule has 10 heavy (non-hydrogen) atoms. The van der Waals surface area contributed by atoms with Crippen LogP contribution >= 0.6 is 0 Å². The van der Waals surface area contributed by atoms with Crippen molar-refractivity contribution in [2.24, 2.45) is 5.41 Å². The first-order valence-corrected chi connectivity index (χ1v) is 3.13. The van der Waals surface area contributed by atoms with Crippen LogP contribution in [0.15, 0.2) is 0 Å². The molecule has 0 aromatic carbocycles. The molecule has 0 atom stereocenters. The zero-order valence-electron chi connectivity index (χ0n) is 6.45. The lowest BCUT2D eigenvalue weighted by molar-refractivity contribution is -0.128. The molecule has 0 aliphatic heterocycles. The van der Waals surface area contributed by atoms with Gasteiger partial charge in [0.1, 0.15) is 6.29 Å². The van der Waals surface area contributed by atoms with Gasteiger partial charge in [0, 0.05) is 5.41 Å². The van der Waals surface area contributed by atoms with Crippen LogP contribution in [0.4, 0.5) is 8.78 Å². The maximum absolute atomic E-state index is 12.7. The molecule has 0 fully saturated rings. The summed E-state index contributed by atoms with van der Waals surface area (Å²) in [7, 11) is 0. The maximum atomic E-state index is 12.7.